The Kier molecular flexibility index (Phi) is 5.36. The fourth-order valence-corrected chi connectivity index (χ4v) is 6.54. The summed E-state index contributed by atoms with van der Waals surface area (Å²) in [4.78, 5) is 9.67. The molecule has 0 unspecified atom stereocenters. The van der Waals surface area contributed by atoms with Crippen molar-refractivity contribution in [1.29, 1.82) is 0 Å². The molecule has 0 spiro atoms. The maximum atomic E-state index is 13.3. The van der Waals surface area contributed by atoms with E-state index < -0.39 is 16.2 Å². The molecule has 6 rings (SSSR count). The van der Waals surface area contributed by atoms with Crippen molar-refractivity contribution in [2.45, 2.75) is 24.9 Å². The number of fused-ring (bicyclic) bond motifs is 3. The zero-order chi connectivity index (χ0) is 25.0. The zero-order valence-corrected chi connectivity index (χ0v) is 20.9. The summed E-state index contributed by atoms with van der Waals surface area (Å²) in [6.07, 6.45) is -0.408. The first kappa shape index (κ1) is 22.8. The number of nitrogens with one attached hydrogen (secondary N) is 1. The molecule has 0 amide bonds. The molecule has 11 heteroatoms. The van der Waals surface area contributed by atoms with E-state index in [1.165, 1.54) is 4.31 Å². The van der Waals surface area contributed by atoms with Gasteiger partial charge in [0.1, 0.15) is 0 Å². The van der Waals surface area contributed by atoms with Crippen molar-refractivity contribution in [3.05, 3.63) is 71.5 Å². The Bertz CT molecular complexity index is 1610. The number of nitrogens with two attached hydrogens (primary N) is 1. The average molecular weight is 506 g/mol. The van der Waals surface area contributed by atoms with Gasteiger partial charge in [0.2, 0.25) is 16.0 Å². The van der Waals surface area contributed by atoms with Crippen molar-refractivity contribution in [1.82, 2.24) is 18.4 Å². The summed E-state index contributed by atoms with van der Waals surface area (Å²) in [6, 6.07) is 17.0. The van der Waals surface area contributed by atoms with Gasteiger partial charge in [0.05, 0.1) is 29.1 Å². The number of benzene rings is 2. The number of morpholine rings is 1. The van der Waals surface area contributed by atoms with Crippen LogP contribution in [0.2, 0.25) is 0 Å². The maximum absolute atomic E-state index is 13.3. The Labute approximate surface area is 209 Å². The van der Waals surface area contributed by atoms with Crippen LogP contribution in [0.15, 0.2) is 64.5 Å². The van der Waals surface area contributed by atoms with Crippen molar-refractivity contribution < 1.29 is 13.2 Å². The minimum atomic E-state index is -3.62. The molecule has 0 saturated carbocycles. The third kappa shape index (κ3) is 3.58. The van der Waals surface area contributed by atoms with Crippen LogP contribution in [-0.4, -0.2) is 59.1 Å². The number of rotatable bonds is 4. The smallest absolute Gasteiger partial charge is 0.243 e. The minimum Gasteiger partial charge on any atom is -0.379 e. The zero-order valence-electron chi connectivity index (χ0n) is 20.0. The van der Waals surface area contributed by atoms with Gasteiger partial charge in [-0.05, 0) is 50.2 Å². The first-order chi connectivity index (χ1) is 17.3. The number of aliphatic imine (C=N–C) groups is 1. The molecule has 4 heterocycles. The van der Waals surface area contributed by atoms with E-state index in [9.17, 15) is 8.42 Å². The lowest BCUT2D eigenvalue weighted by atomic mass is 10.1. The van der Waals surface area contributed by atoms with Crippen LogP contribution >= 0.6 is 0 Å². The first-order valence-corrected chi connectivity index (χ1v) is 13.2. The Morgan fingerprint density at radius 2 is 1.83 bits per heavy atom. The Morgan fingerprint density at radius 3 is 2.64 bits per heavy atom. The summed E-state index contributed by atoms with van der Waals surface area (Å²) < 4.78 is 37.5. The quantitative estimate of drug-likeness (QED) is 0.440. The van der Waals surface area contributed by atoms with Gasteiger partial charge in [0.15, 0.2) is 12.1 Å². The molecule has 186 valence electrons. The second kappa shape index (κ2) is 8.47. The summed E-state index contributed by atoms with van der Waals surface area (Å²) in [5, 5.41) is 3.07. The van der Waals surface area contributed by atoms with Gasteiger partial charge in [-0.2, -0.15) is 4.31 Å². The van der Waals surface area contributed by atoms with Crippen LogP contribution in [0.1, 0.15) is 23.1 Å². The third-order valence-corrected chi connectivity index (χ3v) is 8.67. The fraction of sp³-hybridized carbons (Fsp3) is 0.280. The van der Waals surface area contributed by atoms with E-state index in [-0.39, 0.29) is 4.90 Å². The Hall–Kier alpha value is -3.67. The number of sulfonamides is 1. The molecule has 36 heavy (non-hydrogen) atoms. The molecule has 0 aliphatic carbocycles. The summed E-state index contributed by atoms with van der Waals surface area (Å²) >= 11 is 0. The van der Waals surface area contributed by atoms with Gasteiger partial charge in [-0.3, -0.25) is 9.88 Å². The lowest BCUT2D eigenvalue weighted by molar-refractivity contribution is 0.0730. The number of anilines is 1. The number of aromatic nitrogens is 3. The number of aryl methyl sites for hydroxylation is 1. The van der Waals surface area contributed by atoms with Gasteiger partial charge in [0, 0.05) is 35.7 Å². The lowest BCUT2D eigenvalue weighted by Gasteiger charge is -2.26. The van der Waals surface area contributed by atoms with E-state index in [1.54, 1.807) is 18.2 Å². The van der Waals surface area contributed by atoms with Crippen molar-refractivity contribution in [3.8, 4) is 5.69 Å². The van der Waals surface area contributed by atoms with Gasteiger partial charge in [0.25, 0.3) is 0 Å². The van der Waals surface area contributed by atoms with Gasteiger partial charge in [-0.1, -0.05) is 18.2 Å². The van der Waals surface area contributed by atoms with Crippen molar-refractivity contribution >= 4 is 33.0 Å². The topological polar surface area (TPSA) is 120 Å². The van der Waals surface area contributed by atoms with Gasteiger partial charge in [-0.25, -0.2) is 18.4 Å². The molecule has 1 saturated heterocycles. The molecule has 1 fully saturated rings. The highest BCUT2D eigenvalue weighted by molar-refractivity contribution is 7.89. The van der Waals surface area contributed by atoms with Crippen molar-refractivity contribution in [3.63, 3.8) is 0 Å². The molecular formula is C25H27N7O3S. The van der Waals surface area contributed by atoms with Crippen LogP contribution in [0.3, 0.4) is 0 Å². The van der Waals surface area contributed by atoms with E-state index in [1.807, 2.05) is 48.7 Å². The minimum absolute atomic E-state index is 0.267. The second-order valence-corrected chi connectivity index (χ2v) is 10.9. The molecule has 4 aromatic rings. The van der Waals surface area contributed by atoms with Crippen molar-refractivity contribution in [2.24, 2.45) is 10.7 Å². The van der Waals surface area contributed by atoms with Crippen LogP contribution in [0.4, 0.5) is 5.95 Å². The summed E-state index contributed by atoms with van der Waals surface area (Å²) in [6.45, 7) is 5.54. The van der Waals surface area contributed by atoms with Gasteiger partial charge < -0.3 is 15.0 Å². The highest BCUT2D eigenvalue weighted by atomic mass is 32.2. The number of imidazole rings is 1. The standard InChI is InChI=1S/C25H27N7O3S/c1-16-14-20(23-28-24(26)29-25-27-21-8-3-4-9-22(21)32(23)25)17(2)31(16)18-6-5-7-19(15-18)36(33,34)30-10-12-35-13-11-30/h3-9,14-15,23H,10-13H2,1-2H3,(H3,26,27,28,29)/t23-/m1/s1. The van der Waals surface area contributed by atoms with E-state index in [2.05, 4.69) is 20.9 Å². The van der Waals surface area contributed by atoms with E-state index in [4.69, 9.17) is 15.5 Å². The average Bonchev–Trinajstić information content (AvgIpc) is 3.40. The number of hydrogen-bond acceptors (Lipinski definition) is 7. The molecule has 0 bridgehead atoms. The van der Waals surface area contributed by atoms with Crippen LogP contribution in [0, 0.1) is 13.8 Å². The normalized spacial score (nSPS) is 18.6. The SMILES string of the molecule is Cc1cc([C@@H]2N=C(N)Nc3nc4ccccc4n32)c(C)n1-c1cccc(S(=O)(=O)N2CCOCC2)c1. The number of ether oxygens (including phenoxy) is 1. The predicted octanol–water partition coefficient (Wildman–Crippen LogP) is 2.75. The molecule has 10 nitrogen and oxygen atoms in total. The Balaban J connectivity index is 1.44. The fourth-order valence-electron chi connectivity index (χ4n) is 5.09. The number of hydrogen-bond donors (Lipinski definition) is 2. The lowest BCUT2D eigenvalue weighted by Crippen LogP contribution is -2.40. The number of para-hydroxylation sites is 2. The van der Waals surface area contributed by atoms with Crippen LogP contribution in [0.25, 0.3) is 16.7 Å². The summed E-state index contributed by atoms with van der Waals surface area (Å²) in [5.74, 6) is 0.934. The van der Waals surface area contributed by atoms with E-state index in [0.29, 0.717) is 38.2 Å². The molecule has 2 aliphatic heterocycles. The first-order valence-electron chi connectivity index (χ1n) is 11.8. The molecule has 2 aliphatic rings. The van der Waals surface area contributed by atoms with E-state index >= 15 is 0 Å². The van der Waals surface area contributed by atoms with Gasteiger partial charge in [-0.15, -0.1) is 0 Å². The largest absolute Gasteiger partial charge is 0.379 e. The number of nitrogens with zero attached hydrogens (tertiary/aromatic N) is 5. The predicted molar refractivity (Wildman–Crippen MR) is 138 cm³/mol. The monoisotopic (exact) mass is 505 g/mol. The van der Waals surface area contributed by atoms with Gasteiger partial charge >= 0.3 is 0 Å². The third-order valence-electron chi connectivity index (χ3n) is 6.77. The van der Waals surface area contributed by atoms with Crippen LogP contribution in [-0.2, 0) is 14.8 Å². The van der Waals surface area contributed by atoms with E-state index in [0.717, 1.165) is 33.7 Å². The van der Waals surface area contributed by atoms with Crippen LogP contribution in [0.5, 0.6) is 0 Å². The summed E-state index contributed by atoms with van der Waals surface area (Å²) in [7, 11) is -3.62. The molecule has 2 aromatic carbocycles. The summed E-state index contributed by atoms with van der Waals surface area (Å²) in [5.41, 5.74) is 11.6. The second-order valence-electron chi connectivity index (χ2n) is 8.98. The van der Waals surface area contributed by atoms with Crippen molar-refractivity contribution in [2.75, 3.05) is 31.6 Å². The molecule has 3 N–H and O–H groups in total. The number of guanidine groups is 1. The molecule has 1 atom stereocenters. The molecule has 0 radical (unpaired) electrons. The maximum Gasteiger partial charge on any atom is 0.243 e. The van der Waals surface area contributed by atoms with Crippen LogP contribution < -0.4 is 11.1 Å². The Morgan fingerprint density at radius 1 is 1.06 bits per heavy atom. The molecular weight excluding hydrogens is 478 g/mol. The highest BCUT2D eigenvalue weighted by Crippen LogP contribution is 2.36. The highest BCUT2D eigenvalue weighted by Gasteiger charge is 2.29. The molecule has 2 aromatic heterocycles.